The van der Waals surface area contributed by atoms with Crippen molar-refractivity contribution < 1.29 is 18.0 Å². The lowest BCUT2D eigenvalue weighted by Gasteiger charge is -2.30. The van der Waals surface area contributed by atoms with Crippen LogP contribution in [0.4, 0.5) is 24.5 Å². The van der Waals surface area contributed by atoms with Crippen LogP contribution in [0.2, 0.25) is 0 Å². The molecule has 0 radical (unpaired) electrons. The zero-order valence-corrected chi connectivity index (χ0v) is 15.5. The summed E-state index contributed by atoms with van der Waals surface area (Å²) in [6.07, 6.45) is 2.53. The van der Waals surface area contributed by atoms with E-state index in [4.69, 9.17) is 0 Å². The van der Waals surface area contributed by atoms with E-state index in [1.165, 1.54) is 0 Å². The van der Waals surface area contributed by atoms with Gasteiger partial charge in [-0.15, -0.1) is 0 Å². The van der Waals surface area contributed by atoms with Gasteiger partial charge in [0.2, 0.25) is 5.91 Å². The van der Waals surface area contributed by atoms with Gasteiger partial charge in [0.25, 0.3) is 0 Å². The molecule has 5 nitrogen and oxygen atoms in total. The van der Waals surface area contributed by atoms with E-state index in [0.717, 1.165) is 41.6 Å². The van der Waals surface area contributed by atoms with Crippen molar-refractivity contribution >= 4 is 40.4 Å². The van der Waals surface area contributed by atoms with Gasteiger partial charge in [0, 0.05) is 18.2 Å². The maximum Gasteiger partial charge on any atom is 0.237 e. The first-order valence-electron chi connectivity index (χ1n) is 8.56. The third-order valence-corrected chi connectivity index (χ3v) is 5.54. The van der Waals surface area contributed by atoms with Gasteiger partial charge in [-0.3, -0.25) is 4.79 Å². The number of benzene rings is 2. The van der Waals surface area contributed by atoms with Gasteiger partial charge in [-0.25, -0.2) is 23.2 Å². The first-order valence-corrected chi connectivity index (χ1v) is 9.44. The zero-order valence-electron chi connectivity index (χ0n) is 14.7. The van der Waals surface area contributed by atoms with Crippen LogP contribution in [0.25, 0.3) is 0 Å². The highest BCUT2D eigenvalue weighted by Gasteiger charge is 2.34. The lowest BCUT2D eigenvalue weighted by Crippen LogP contribution is -2.32. The molecule has 0 aliphatic carbocycles. The van der Waals surface area contributed by atoms with E-state index >= 15 is 0 Å². The molecule has 2 atom stereocenters. The molecule has 2 aliphatic heterocycles. The van der Waals surface area contributed by atoms with Gasteiger partial charge in [0.05, 0.1) is 22.7 Å². The number of nitrogens with zero attached hydrogens (tertiary/aromatic N) is 3. The second kappa shape index (κ2) is 7.31. The molecular weight excluding hydrogens is 389 g/mol. The van der Waals surface area contributed by atoms with Crippen LogP contribution in [0.3, 0.4) is 0 Å². The van der Waals surface area contributed by atoms with E-state index in [9.17, 15) is 18.0 Å². The Balaban J connectivity index is 1.52. The molecule has 1 amide bonds. The number of carbonyl (C=O) groups is 1. The van der Waals surface area contributed by atoms with E-state index in [0.29, 0.717) is 5.17 Å². The minimum absolute atomic E-state index is 0.0232. The summed E-state index contributed by atoms with van der Waals surface area (Å²) in [4.78, 5) is 17.0. The molecular formula is C19H15F3N4OS. The number of fused-ring (bicyclic) bond motifs is 3. The summed E-state index contributed by atoms with van der Waals surface area (Å²) >= 11 is 1.16. The maximum absolute atomic E-state index is 13.8. The van der Waals surface area contributed by atoms with Gasteiger partial charge >= 0.3 is 0 Å². The largest absolute Gasteiger partial charge is 0.323 e. The Morgan fingerprint density at radius 2 is 2.00 bits per heavy atom. The number of hydrogen-bond donors (Lipinski definition) is 1. The third-order valence-electron chi connectivity index (χ3n) is 4.48. The highest BCUT2D eigenvalue weighted by Crippen LogP contribution is 2.41. The van der Waals surface area contributed by atoms with Crippen LogP contribution in [0, 0.1) is 17.5 Å². The predicted octanol–water partition coefficient (Wildman–Crippen LogP) is 4.60. The normalized spacial score (nSPS) is 18.4. The van der Waals surface area contributed by atoms with E-state index < -0.39 is 34.3 Å². The van der Waals surface area contributed by atoms with Crippen LogP contribution >= 0.6 is 11.8 Å². The van der Waals surface area contributed by atoms with E-state index in [1.54, 1.807) is 18.1 Å². The Morgan fingerprint density at radius 1 is 1.21 bits per heavy atom. The van der Waals surface area contributed by atoms with Crippen molar-refractivity contribution in [1.82, 2.24) is 5.01 Å². The number of anilines is 1. The van der Waals surface area contributed by atoms with Crippen molar-refractivity contribution in [1.29, 1.82) is 0 Å². The van der Waals surface area contributed by atoms with Crippen LogP contribution in [0.5, 0.6) is 0 Å². The van der Waals surface area contributed by atoms with Crippen molar-refractivity contribution in [2.75, 3.05) is 5.32 Å². The predicted molar refractivity (Wildman–Crippen MR) is 103 cm³/mol. The SMILES string of the molecule is C[C@@H](SC1=Nc2ccccc2[C@H]2CC=NN12)C(=O)Nc1ccc(F)c(F)c1F. The number of nitrogens with one attached hydrogen (secondary N) is 1. The molecule has 0 saturated heterocycles. The fraction of sp³-hybridized carbons (Fsp3) is 0.211. The van der Waals surface area contributed by atoms with Gasteiger partial charge in [-0.1, -0.05) is 30.0 Å². The minimum Gasteiger partial charge on any atom is -0.323 e. The number of halogens is 3. The Kier molecular flexibility index (Phi) is 4.84. The zero-order chi connectivity index (χ0) is 19.8. The summed E-state index contributed by atoms with van der Waals surface area (Å²) in [7, 11) is 0. The number of thioether (sulfide) groups is 1. The molecule has 9 heteroatoms. The number of hydrazone groups is 1. The van der Waals surface area contributed by atoms with Crippen LogP contribution in [0.1, 0.15) is 24.9 Å². The Morgan fingerprint density at radius 3 is 2.82 bits per heavy atom. The van der Waals surface area contributed by atoms with Crippen molar-refractivity contribution in [2.24, 2.45) is 10.1 Å². The molecule has 144 valence electrons. The Hall–Kier alpha value is -2.81. The third kappa shape index (κ3) is 3.26. The van der Waals surface area contributed by atoms with E-state index in [1.807, 2.05) is 24.3 Å². The summed E-state index contributed by atoms with van der Waals surface area (Å²) in [5, 5.41) is 8.27. The molecule has 0 saturated carbocycles. The second-order valence-electron chi connectivity index (χ2n) is 6.32. The van der Waals surface area contributed by atoms with Gasteiger partial charge in [-0.05, 0) is 25.1 Å². The lowest BCUT2D eigenvalue weighted by atomic mass is 10.0. The van der Waals surface area contributed by atoms with Crippen molar-refractivity contribution in [3.8, 4) is 0 Å². The fourth-order valence-corrected chi connectivity index (χ4v) is 3.95. The highest BCUT2D eigenvalue weighted by atomic mass is 32.2. The van der Waals surface area contributed by atoms with Crippen molar-refractivity contribution in [3.05, 3.63) is 59.4 Å². The van der Waals surface area contributed by atoms with Gasteiger partial charge in [0.15, 0.2) is 22.6 Å². The smallest absolute Gasteiger partial charge is 0.237 e. The molecule has 0 spiro atoms. The van der Waals surface area contributed by atoms with Gasteiger partial charge in [-0.2, -0.15) is 5.10 Å². The molecule has 28 heavy (non-hydrogen) atoms. The number of hydrogen-bond acceptors (Lipinski definition) is 5. The summed E-state index contributed by atoms with van der Waals surface area (Å²) in [5.41, 5.74) is 1.46. The molecule has 2 heterocycles. The number of aliphatic imine (C=N–C) groups is 1. The van der Waals surface area contributed by atoms with E-state index in [-0.39, 0.29) is 6.04 Å². The van der Waals surface area contributed by atoms with Gasteiger partial charge < -0.3 is 5.32 Å². The molecule has 2 aromatic rings. The molecule has 2 aliphatic rings. The van der Waals surface area contributed by atoms with E-state index in [2.05, 4.69) is 15.4 Å². The molecule has 4 rings (SSSR count). The molecule has 0 bridgehead atoms. The summed E-state index contributed by atoms with van der Waals surface area (Å²) in [5.74, 6) is -4.93. The second-order valence-corrected chi connectivity index (χ2v) is 7.63. The molecule has 0 aromatic heterocycles. The molecule has 0 fully saturated rings. The quantitative estimate of drug-likeness (QED) is 0.761. The molecule has 0 unspecified atom stereocenters. The maximum atomic E-state index is 13.8. The lowest BCUT2D eigenvalue weighted by molar-refractivity contribution is -0.115. The van der Waals surface area contributed by atoms with Crippen LogP contribution in [-0.4, -0.2) is 27.5 Å². The Labute approximate surface area is 163 Å². The topological polar surface area (TPSA) is 57.1 Å². The standard InChI is InChI=1S/C19H15F3N4OS/c1-10(18(27)24-14-7-6-12(20)16(21)17(14)22)28-19-25-13-5-3-2-4-11(13)15-8-9-23-26(15)19/h2-7,9-10,15H,8H2,1H3,(H,24,27)/t10-,15-/m1/s1. The van der Waals surface area contributed by atoms with Crippen molar-refractivity contribution in [2.45, 2.75) is 24.6 Å². The van der Waals surface area contributed by atoms with Crippen LogP contribution < -0.4 is 5.32 Å². The first-order chi connectivity index (χ1) is 13.5. The molecule has 1 N–H and O–H groups in total. The van der Waals surface area contributed by atoms with Crippen LogP contribution in [-0.2, 0) is 4.79 Å². The Bertz CT molecular complexity index is 1010. The molecule has 2 aromatic carbocycles. The summed E-state index contributed by atoms with van der Waals surface area (Å²) in [6.45, 7) is 1.62. The summed E-state index contributed by atoms with van der Waals surface area (Å²) < 4.78 is 40.2. The fourth-order valence-electron chi connectivity index (χ4n) is 3.03. The highest BCUT2D eigenvalue weighted by molar-refractivity contribution is 8.14. The summed E-state index contributed by atoms with van der Waals surface area (Å²) in [6, 6.07) is 9.49. The van der Waals surface area contributed by atoms with Crippen molar-refractivity contribution in [3.63, 3.8) is 0 Å². The first kappa shape index (κ1) is 18.5. The number of para-hydroxylation sites is 1. The number of amidine groups is 1. The average molecular weight is 404 g/mol. The van der Waals surface area contributed by atoms with Crippen LogP contribution in [0.15, 0.2) is 46.5 Å². The average Bonchev–Trinajstić information content (AvgIpc) is 3.19. The number of amides is 1. The monoisotopic (exact) mass is 404 g/mol. The number of carbonyl (C=O) groups excluding carboxylic acids is 1. The number of rotatable bonds is 3. The minimum atomic E-state index is -1.62. The van der Waals surface area contributed by atoms with Gasteiger partial charge in [0.1, 0.15) is 0 Å².